The van der Waals surface area contributed by atoms with Crippen LogP contribution in [0.3, 0.4) is 0 Å². The van der Waals surface area contributed by atoms with Crippen LogP contribution in [-0.4, -0.2) is 20.4 Å². The summed E-state index contributed by atoms with van der Waals surface area (Å²) in [5, 5.41) is 0.0666. The zero-order valence-electron chi connectivity index (χ0n) is 81.9. The topological polar surface area (TPSA) is 21.3 Å². The number of benzene rings is 15. The molecule has 108 heavy (non-hydrogen) atoms. The molecule has 2 aliphatic heterocycles. The monoisotopic (exact) mass is 1410 g/mol. The zero-order valence-corrected chi connectivity index (χ0v) is 60.9. The molecule has 3 aromatic heterocycles. The second-order valence-corrected chi connectivity index (χ2v) is 31.2. The van der Waals surface area contributed by atoms with Crippen LogP contribution in [-0.2, 0) is 16.2 Å². The summed E-state index contributed by atoms with van der Waals surface area (Å²) < 4.78 is 219. The molecule has 0 N–H and O–H groups in total. The van der Waals surface area contributed by atoms with E-state index in [2.05, 4.69) is 98.7 Å². The van der Waals surface area contributed by atoms with Crippen molar-refractivity contribution in [2.45, 2.75) is 78.6 Å². The quantitative estimate of drug-likeness (QED) is 0.134. The average molecular weight is 1410 g/mol. The van der Waals surface area contributed by atoms with E-state index in [-0.39, 0.29) is 60.6 Å². The van der Waals surface area contributed by atoms with Crippen LogP contribution >= 0.6 is 0 Å². The Morgan fingerprint density at radius 1 is 0.269 bits per heavy atom. The lowest BCUT2D eigenvalue weighted by atomic mass is 9.33. The van der Waals surface area contributed by atoms with Gasteiger partial charge in [-0.15, -0.1) is 0 Å². The number of rotatable bonds is 9. The molecule has 0 aliphatic carbocycles. The van der Waals surface area contributed by atoms with Crippen LogP contribution in [0.5, 0.6) is 0 Å². The van der Waals surface area contributed by atoms with Crippen molar-refractivity contribution in [2.75, 3.05) is 9.80 Å². The second-order valence-electron chi connectivity index (χ2n) is 31.2. The van der Waals surface area contributed by atoms with Crippen molar-refractivity contribution < 1.29 is 28.8 Å². The molecule has 0 bridgehead atoms. The molecule has 0 saturated carbocycles. The van der Waals surface area contributed by atoms with Gasteiger partial charge in [-0.3, -0.25) is 0 Å². The summed E-state index contributed by atoms with van der Waals surface area (Å²) in [6.45, 7) is 17.3. The molecule has 5 heterocycles. The highest BCUT2D eigenvalue weighted by Gasteiger charge is 2.48. The molecule has 0 atom stereocenters. The van der Waals surface area contributed by atoms with Crippen molar-refractivity contribution in [3.05, 3.63) is 350 Å². The maximum Gasteiger partial charge on any atom is 0.254 e. The van der Waals surface area contributed by atoms with Crippen LogP contribution in [0, 0.1) is 0 Å². The molecular weight excluding hydrogens is 1310 g/mol. The maximum absolute atomic E-state index is 12.3. The van der Waals surface area contributed by atoms with Crippen molar-refractivity contribution >= 4 is 123 Å². The molecule has 518 valence electrons. The predicted octanol–water partition coefficient (Wildman–Crippen LogP) is 25.6. The summed E-state index contributed by atoms with van der Waals surface area (Å²) in [4.78, 5) is 4.01. The van der Waals surface area contributed by atoms with Crippen LogP contribution in [0.25, 0.3) is 127 Å². The molecule has 0 fully saturated rings. The summed E-state index contributed by atoms with van der Waals surface area (Å²) in [7, 11) is 0. The minimum Gasteiger partial charge on any atom is -0.310 e. The normalized spacial score (nSPS) is 15.7. The van der Waals surface area contributed by atoms with E-state index in [4.69, 9.17) is 0 Å². The van der Waals surface area contributed by atoms with Gasteiger partial charge in [0.1, 0.15) is 0 Å². The first-order valence-corrected chi connectivity index (χ1v) is 36.5. The molecular formula is C102H82BN5. The van der Waals surface area contributed by atoms with Gasteiger partial charge < -0.3 is 23.5 Å². The van der Waals surface area contributed by atoms with Gasteiger partial charge in [0.2, 0.25) is 0 Å². The fourth-order valence-corrected chi connectivity index (χ4v) is 16.4. The highest BCUT2D eigenvalue weighted by molar-refractivity contribution is 7.01. The third-order valence-corrected chi connectivity index (χ3v) is 21.6. The van der Waals surface area contributed by atoms with Crippen LogP contribution in [0.2, 0.25) is 0 Å². The van der Waals surface area contributed by atoms with Crippen LogP contribution in [0.4, 0.5) is 34.1 Å². The molecule has 0 saturated heterocycles. The Morgan fingerprint density at radius 3 is 0.972 bits per heavy atom. The highest BCUT2D eigenvalue weighted by Crippen LogP contribution is 2.56. The molecule has 0 radical (unpaired) electrons. The Balaban J connectivity index is 1.12. The lowest BCUT2D eigenvalue weighted by molar-refractivity contribution is 0.590. The molecule has 20 rings (SSSR count). The Kier molecular flexibility index (Phi) is 10.5. The van der Waals surface area contributed by atoms with E-state index in [1.807, 2.05) is 184 Å². The van der Waals surface area contributed by atoms with Crippen LogP contribution in [0.15, 0.2) is 333 Å². The van der Waals surface area contributed by atoms with Crippen molar-refractivity contribution in [1.29, 1.82) is 0 Å². The largest absolute Gasteiger partial charge is 0.310 e. The number of para-hydroxylation sites is 6. The molecule has 15 aromatic carbocycles. The second kappa shape index (κ2) is 24.5. The van der Waals surface area contributed by atoms with Crippen molar-refractivity contribution in [2.24, 2.45) is 0 Å². The third-order valence-electron chi connectivity index (χ3n) is 21.6. The lowest BCUT2D eigenvalue weighted by Crippen LogP contribution is -2.62. The van der Waals surface area contributed by atoms with Crippen LogP contribution in [0.1, 0.15) is 108 Å². The number of nitrogens with zero attached hydrogens (tertiary/aromatic N) is 5. The first-order valence-electron chi connectivity index (χ1n) is 47.0. The van der Waals surface area contributed by atoms with Gasteiger partial charge in [0.15, 0.2) is 0 Å². The van der Waals surface area contributed by atoms with Gasteiger partial charge in [-0.1, -0.05) is 299 Å². The van der Waals surface area contributed by atoms with Gasteiger partial charge in [-0.2, -0.15) is 0 Å². The first kappa shape index (κ1) is 46.3. The summed E-state index contributed by atoms with van der Waals surface area (Å²) in [6.07, 6.45) is 0. The number of fused-ring (bicyclic) bond motifs is 13. The molecule has 0 unspecified atom stereocenters. The van der Waals surface area contributed by atoms with Gasteiger partial charge in [-0.05, 0) is 168 Å². The summed E-state index contributed by atoms with van der Waals surface area (Å²) in [5.41, 5.74) is 6.14. The molecule has 0 spiro atoms. The number of hydrogen-bond donors (Lipinski definition) is 0. The number of hydrogen-bond acceptors (Lipinski definition) is 2. The molecule has 0 amide bonds. The zero-order chi connectivity index (χ0) is 91.3. The van der Waals surface area contributed by atoms with Crippen molar-refractivity contribution in [3.8, 4) is 61.6 Å². The van der Waals surface area contributed by atoms with E-state index in [0.29, 0.717) is 100 Å². The average Bonchev–Trinajstić information content (AvgIpc) is 1.46. The van der Waals surface area contributed by atoms with E-state index < -0.39 is 172 Å². The number of aromatic nitrogens is 3. The van der Waals surface area contributed by atoms with E-state index >= 15 is 0 Å². The first-order chi connectivity index (χ1) is 61.3. The minimum atomic E-state index is -1.60. The van der Waals surface area contributed by atoms with Gasteiger partial charge >= 0.3 is 0 Å². The Hall–Kier alpha value is -12.6. The number of anilines is 6. The summed E-state index contributed by atoms with van der Waals surface area (Å²) >= 11 is 0. The van der Waals surface area contributed by atoms with Gasteiger partial charge in [0, 0.05) is 88.7 Å². The van der Waals surface area contributed by atoms with E-state index in [1.165, 1.54) is 4.57 Å². The summed E-state index contributed by atoms with van der Waals surface area (Å²) in [5.74, 6) is 0. The third kappa shape index (κ3) is 10.1. The predicted molar refractivity (Wildman–Crippen MR) is 461 cm³/mol. The fraction of sp³-hybridized carbons (Fsp3) is 0.118. The van der Waals surface area contributed by atoms with E-state index in [0.717, 1.165) is 15.7 Å². The molecule has 5 nitrogen and oxygen atoms in total. The Labute approximate surface area is 662 Å². The standard InChI is InChI=1S/C102H82BN5/c1-100(2,3)69-56-80(65-34-14-10-15-35-65)98(81(57-69)66-36-16-11-17-37-66)107-91-62-72(104-85-48-28-22-42-74(85)75-43-23-29-49-86(75)104)54-55-84(91)103-96-92(107)60-71(102(7,8)9)61-93(96)108(99-82(67-38-18-12-19-39-67)58-70(101(4,5)6)59-83(99)68-40-20-13-21-41-68)95-64-73(105-87-50-30-24-44-76(87)77-45-25-31-51-88(77)105)63-94(97(95)103)106-89-52-32-26-46-78(89)79-47-27-33-53-90(79)106/h10-64H,1-9H3/i22D,23D,24D,25D,28D,29D,30D,31D,42D,43D,44D,45D,48D,49D,50D,51D,54D,55D,62D,63D,64D. The van der Waals surface area contributed by atoms with Crippen molar-refractivity contribution in [1.82, 2.24) is 13.7 Å². The van der Waals surface area contributed by atoms with Gasteiger partial charge in [0.25, 0.3) is 6.71 Å². The summed E-state index contributed by atoms with van der Waals surface area (Å²) in [6, 6.07) is 52.7. The van der Waals surface area contributed by atoms with Crippen molar-refractivity contribution in [3.63, 3.8) is 0 Å². The maximum atomic E-state index is 12.3. The minimum absolute atomic E-state index is 0.0230. The van der Waals surface area contributed by atoms with E-state index in [9.17, 15) is 28.8 Å². The fourth-order valence-electron chi connectivity index (χ4n) is 16.4. The Bertz CT molecular complexity index is 7660. The molecule has 18 aromatic rings. The smallest absolute Gasteiger partial charge is 0.254 e. The van der Waals surface area contributed by atoms with Crippen LogP contribution < -0.4 is 26.2 Å². The van der Waals surface area contributed by atoms with Gasteiger partial charge in [-0.25, -0.2) is 0 Å². The Morgan fingerprint density at radius 2 is 0.583 bits per heavy atom. The van der Waals surface area contributed by atoms with Gasteiger partial charge in [0.05, 0.1) is 78.9 Å². The highest BCUT2D eigenvalue weighted by atomic mass is 15.2. The lowest BCUT2D eigenvalue weighted by Gasteiger charge is -2.47. The molecule has 2 aliphatic rings. The SMILES string of the molecule is [2H]c1c([2H])c(-n2c3c([2H])c([2H])c([2H])c([2H])c3c3c([2H])c([2H])c([2H])c([2H])c32)c([2H])c2c1B1c3c(cc(C(C)(C)C)cc3N(c3c(-c4ccccc4)cc(C(C)(C)C)cc3-c3ccccc3)c3c([2H])c(-n4c5c([2H])c([2H])c([2H])c([2H])c5c5c([2H])c([2H])c([2H])c([2H])c54)c([2H])c(-n4c5ccccc5c5ccccc54)c31)N2c1c(-c2ccccc2)cc(C(C)(C)C)cc1-c1ccccc1. The molecule has 6 heteroatoms. The van der Waals surface area contributed by atoms with E-state index in [1.54, 1.807) is 0 Å².